The largest absolute Gasteiger partial charge is 0.511 e. The van der Waals surface area contributed by atoms with E-state index < -0.39 is 0 Å². The van der Waals surface area contributed by atoms with E-state index >= 15 is 0 Å². The first-order valence-electron chi connectivity index (χ1n) is 10.7. The van der Waals surface area contributed by atoms with Gasteiger partial charge in [-0.15, -0.1) is 0 Å². The summed E-state index contributed by atoms with van der Waals surface area (Å²) >= 11 is 0. The molecular formula is C24H26N2O5. The quantitative estimate of drug-likeness (QED) is 0.544. The molecule has 162 valence electrons. The number of aromatic nitrogens is 1. The fourth-order valence-electron chi connectivity index (χ4n) is 4.43. The monoisotopic (exact) mass is 422 g/mol. The molecule has 2 aliphatic rings. The Bertz CT molecular complexity index is 1040. The maximum absolute atomic E-state index is 13.0. The molecule has 31 heavy (non-hydrogen) atoms. The molecule has 0 saturated heterocycles. The van der Waals surface area contributed by atoms with Gasteiger partial charge in [-0.25, -0.2) is 0 Å². The Morgan fingerprint density at radius 2 is 1.94 bits per heavy atom. The van der Waals surface area contributed by atoms with Crippen molar-refractivity contribution >= 4 is 17.3 Å². The van der Waals surface area contributed by atoms with Crippen LogP contribution in [0.2, 0.25) is 0 Å². The van der Waals surface area contributed by atoms with E-state index in [0.717, 1.165) is 12.0 Å². The lowest BCUT2D eigenvalue weighted by atomic mass is 9.78. The molecule has 0 amide bonds. The van der Waals surface area contributed by atoms with Crippen molar-refractivity contribution in [1.82, 2.24) is 5.16 Å². The number of aliphatic imine (C=N–C) groups is 1. The summed E-state index contributed by atoms with van der Waals surface area (Å²) in [6.45, 7) is 0.0428. The number of carbonyl (C=O) groups is 2. The number of benzene rings is 1. The zero-order valence-electron chi connectivity index (χ0n) is 17.3. The summed E-state index contributed by atoms with van der Waals surface area (Å²) in [4.78, 5) is 29.6. The number of fused-ring (bicyclic) bond motifs is 1. The predicted octanol–water partition coefficient (Wildman–Crippen LogP) is 3.52. The lowest BCUT2D eigenvalue weighted by Crippen LogP contribution is -2.27. The fourth-order valence-corrected chi connectivity index (χ4v) is 4.43. The Morgan fingerprint density at radius 3 is 2.71 bits per heavy atom. The van der Waals surface area contributed by atoms with Gasteiger partial charge in [-0.1, -0.05) is 35.5 Å². The second-order valence-electron chi connectivity index (χ2n) is 8.02. The Labute approximate surface area is 180 Å². The van der Waals surface area contributed by atoms with E-state index in [9.17, 15) is 19.8 Å². The molecule has 1 unspecified atom stereocenters. The molecule has 1 aromatic carbocycles. The molecule has 1 heterocycles. The highest BCUT2D eigenvalue weighted by atomic mass is 16.5. The number of aliphatic hydroxyl groups excluding tert-OH is 2. The molecule has 1 atom stereocenters. The first-order chi connectivity index (χ1) is 15.1. The van der Waals surface area contributed by atoms with Crippen LogP contribution in [0.5, 0.6) is 0 Å². The van der Waals surface area contributed by atoms with E-state index in [2.05, 4.69) is 10.1 Å². The van der Waals surface area contributed by atoms with Crippen LogP contribution in [0.4, 0.5) is 0 Å². The SMILES string of the molecule is O=C1CC(c2ccccc2)CC(=NCCO)C1=C(O)CCc1noc2c1C(=O)CCC2. The average Bonchev–Trinajstić information content (AvgIpc) is 3.20. The lowest BCUT2D eigenvalue weighted by Gasteiger charge is -2.26. The van der Waals surface area contributed by atoms with E-state index in [1.54, 1.807) is 0 Å². The number of Topliss-reactive ketones (excluding diaryl/α,β-unsaturated/α-hetero) is 2. The number of hydrogen-bond donors (Lipinski definition) is 2. The summed E-state index contributed by atoms with van der Waals surface area (Å²) < 4.78 is 5.31. The Hall–Kier alpha value is -3.06. The molecule has 7 heteroatoms. The Morgan fingerprint density at radius 1 is 1.13 bits per heavy atom. The van der Waals surface area contributed by atoms with Crippen LogP contribution >= 0.6 is 0 Å². The van der Waals surface area contributed by atoms with Crippen LogP contribution in [-0.4, -0.2) is 45.8 Å². The van der Waals surface area contributed by atoms with Gasteiger partial charge in [0.05, 0.1) is 30.0 Å². The number of carbonyl (C=O) groups excluding carboxylic acids is 2. The van der Waals surface area contributed by atoms with Crippen LogP contribution in [0.15, 0.2) is 51.2 Å². The van der Waals surface area contributed by atoms with Crippen molar-refractivity contribution in [2.24, 2.45) is 4.99 Å². The topological polar surface area (TPSA) is 113 Å². The number of nitrogens with zero attached hydrogens (tertiary/aromatic N) is 2. The molecule has 2 aromatic rings. The van der Waals surface area contributed by atoms with Gasteiger partial charge >= 0.3 is 0 Å². The summed E-state index contributed by atoms with van der Waals surface area (Å²) in [6, 6.07) is 9.78. The summed E-state index contributed by atoms with van der Waals surface area (Å²) in [7, 11) is 0. The summed E-state index contributed by atoms with van der Waals surface area (Å²) in [5, 5.41) is 24.1. The molecule has 7 nitrogen and oxygen atoms in total. The molecule has 4 rings (SSSR count). The number of aliphatic hydroxyl groups is 2. The van der Waals surface area contributed by atoms with Crippen LogP contribution in [0, 0.1) is 0 Å². The minimum absolute atomic E-state index is 0.0112. The average molecular weight is 422 g/mol. The van der Waals surface area contributed by atoms with E-state index in [-0.39, 0.29) is 48.4 Å². The second kappa shape index (κ2) is 9.39. The van der Waals surface area contributed by atoms with Crippen LogP contribution < -0.4 is 0 Å². The molecule has 0 radical (unpaired) electrons. The second-order valence-corrected chi connectivity index (χ2v) is 8.02. The molecule has 0 bridgehead atoms. The van der Waals surface area contributed by atoms with E-state index in [1.165, 1.54) is 0 Å². The Kier molecular flexibility index (Phi) is 6.42. The highest BCUT2D eigenvalue weighted by Gasteiger charge is 2.33. The summed E-state index contributed by atoms with van der Waals surface area (Å²) in [5.41, 5.74) is 2.89. The lowest BCUT2D eigenvalue weighted by molar-refractivity contribution is -0.116. The van der Waals surface area contributed by atoms with Crippen molar-refractivity contribution in [3.05, 3.63) is 64.2 Å². The highest BCUT2D eigenvalue weighted by Crippen LogP contribution is 2.34. The Balaban J connectivity index is 1.56. The van der Waals surface area contributed by atoms with Gasteiger partial charge in [-0.3, -0.25) is 14.6 Å². The van der Waals surface area contributed by atoms with E-state index in [1.807, 2.05) is 30.3 Å². The molecule has 2 N–H and O–H groups in total. The van der Waals surface area contributed by atoms with Crippen LogP contribution in [-0.2, 0) is 17.6 Å². The van der Waals surface area contributed by atoms with Crippen molar-refractivity contribution in [1.29, 1.82) is 0 Å². The number of allylic oxidation sites excluding steroid dienone is 2. The van der Waals surface area contributed by atoms with Crippen LogP contribution in [0.25, 0.3) is 0 Å². The molecule has 2 aliphatic carbocycles. The molecule has 1 saturated carbocycles. The minimum atomic E-state index is -0.160. The fraction of sp³-hybridized carbons (Fsp3) is 0.417. The zero-order valence-corrected chi connectivity index (χ0v) is 17.3. The van der Waals surface area contributed by atoms with Crippen LogP contribution in [0.1, 0.15) is 65.4 Å². The maximum Gasteiger partial charge on any atom is 0.168 e. The molecular weight excluding hydrogens is 396 g/mol. The number of ketones is 2. The van der Waals surface area contributed by atoms with Gasteiger partial charge in [0.15, 0.2) is 11.6 Å². The van der Waals surface area contributed by atoms with Gasteiger partial charge in [-0.05, 0) is 24.3 Å². The first kappa shape index (κ1) is 21.2. The molecule has 0 spiro atoms. The zero-order chi connectivity index (χ0) is 21.8. The van der Waals surface area contributed by atoms with Crippen molar-refractivity contribution < 1.29 is 24.3 Å². The van der Waals surface area contributed by atoms with Gasteiger partial charge in [-0.2, -0.15) is 0 Å². The van der Waals surface area contributed by atoms with Crippen molar-refractivity contribution in [3.63, 3.8) is 0 Å². The highest BCUT2D eigenvalue weighted by molar-refractivity contribution is 6.24. The van der Waals surface area contributed by atoms with Crippen LogP contribution in [0.3, 0.4) is 0 Å². The number of rotatable bonds is 6. The molecule has 1 aromatic heterocycles. The van der Waals surface area contributed by atoms with Gasteiger partial charge in [0, 0.05) is 37.8 Å². The standard InChI is InChI=1S/C24H26N2O5/c27-12-11-25-18-13-16(15-5-2-1-3-6-15)14-21(30)23(18)20(29)10-9-17-24-19(28)7-4-8-22(24)31-26-17/h1-3,5-6,16,27,29H,4,7-14H2. The predicted molar refractivity (Wildman–Crippen MR) is 115 cm³/mol. The third-order valence-corrected chi connectivity index (χ3v) is 5.92. The van der Waals surface area contributed by atoms with Gasteiger partial charge in [0.2, 0.25) is 0 Å². The maximum atomic E-state index is 13.0. The normalized spacial score (nSPS) is 22.0. The van der Waals surface area contributed by atoms with Crippen molar-refractivity contribution in [3.8, 4) is 0 Å². The number of aryl methyl sites for hydroxylation is 2. The summed E-state index contributed by atoms with van der Waals surface area (Å²) in [5.74, 6) is 0.418. The molecule has 1 fully saturated rings. The smallest absolute Gasteiger partial charge is 0.168 e. The number of hydrogen-bond acceptors (Lipinski definition) is 7. The van der Waals surface area contributed by atoms with Crippen molar-refractivity contribution in [2.75, 3.05) is 13.2 Å². The van der Waals surface area contributed by atoms with Gasteiger partial charge in [0.25, 0.3) is 0 Å². The van der Waals surface area contributed by atoms with E-state index in [4.69, 9.17) is 4.52 Å². The summed E-state index contributed by atoms with van der Waals surface area (Å²) in [6.07, 6.45) is 3.22. The van der Waals surface area contributed by atoms with Gasteiger partial charge < -0.3 is 14.7 Å². The first-order valence-corrected chi connectivity index (χ1v) is 10.7. The third-order valence-electron chi connectivity index (χ3n) is 5.92. The third kappa shape index (κ3) is 4.51. The molecule has 0 aliphatic heterocycles. The van der Waals surface area contributed by atoms with Gasteiger partial charge in [0.1, 0.15) is 11.5 Å². The van der Waals surface area contributed by atoms with Crippen molar-refractivity contribution in [2.45, 2.75) is 50.9 Å². The van der Waals surface area contributed by atoms with E-state index in [0.29, 0.717) is 54.8 Å². The minimum Gasteiger partial charge on any atom is -0.511 e.